The minimum absolute atomic E-state index is 0.112. The summed E-state index contributed by atoms with van der Waals surface area (Å²) < 4.78 is 5.60. The van der Waals surface area contributed by atoms with Crippen LogP contribution in [0.2, 0.25) is 0 Å². The molecular formula is C20H19NO2. The molecule has 23 heavy (non-hydrogen) atoms. The molecule has 3 heteroatoms. The van der Waals surface area contributed by atoms with Crippen molar-refractivity contribution < 1.29 is 9.53 Å². The summed E-state index contributed by atoms with van der Waals surface area (Å²) in [5, 5.41) is 4.94. The van der Waals surface area contributed by atoms with E-state index >= 15 is 0 Å². The lowest BCUT2D eigenvalue weighted by Crippen LogP contribution is -2.12. The Morgan fingerprint density at radius 3 is 2.35 bits per heavy atom. The number of ether oxygens (including phenoxy) is 1. The van der Waals surface area contributed by atoms with Crippen molar-refractivity contribution >= 4 is 22.4 Å². The zero-order chi connectivity index (χ0) is 16.2. The Labute approximate surface area is 135 Å². The smallest absolute Gasteiger partial charge is 0.256 e. The highest BCUT2D eigenvalue weighted by molar-refractivity contribution is 6.12. The first-order chi connectivity index (χ1) is 11.1. The molecule has 0 spiro atoms. The minimum atomic E-state index is -0.112. The van der Waals surface area contributed by atoms with E-state index in [-0.39, 0.29) is 12.0 Å². The molecule has 0 radical (unpaired) electrons. The maximum atomic E-state index is 12.5. The van der Waals surface area contributed by atoms with Crippen LogP contribution in [0.4, 0.5) is 5.69 Å². The summed E-state index contributed by atoms with van der Waals surface area (Å²) in [5.41, 5.74) is 1.42. The number of amides is 1. The van der Waals surface area contributed by atoms with E-state index in [1.54, 1.807) is 0 Å². The molecule has 3 aromatic carbocycles. The molecule has 0 unspecified atom stereocenters. The Morgan fingerprint density at radius 2 is 1.61 bits per heavy atom. The van der Waals surface area contributed by atoms with Gasteiger partial charge < -0.3 is 10.1 Å². The first kappa shape index (κ1) is 15.1. The Balaban J connectivity index is 1.81. The SMILES string of the molecule is CC(C)Oc1ccc(NC(=O)c2cccc3ccccc23)cc1. The van der Waals surface area contributed by atoms with Gasteiger partial charge in [0.15, 0.2) is 0 Å². The van der Waals surface area contributed by atoms with Gasteiger partial charge in [0.05, 0.1) is 6.10 Å². The average molecular weight is 305 g/mol. The molecule has 116 valence electrons. The van der Waals surface area contributed by atoms with E-state index in [2.05, 4.69) is 5.32 Å². The fourth-order valence-electron chi connectivity index (χ4n) is 2.51. The van der Waals surface area contributed by atoms with E-state index in [9.17, 15) is 4.79 Å². The fourth-order valence-corrected chi connectivity index (χ4v) is 2.51. The molecule has 3 aromatic rings. The van der Waals surface area contributed by atoms with Crippen molar-refractivity contribution in [2.24, 2.45) is 0 Å². The quantitative estimate of drug-likeness (QED) is 0.746. The van der Waals surface area contributed by atoms with Crippen molar-refractivity contribution in [2.75, 3.05) is 5.32 Å². The van der Waals surface area contributed by atoms with Crippen molar-refractivity contribution in [3.8, 4) is 5.75 Å². The van der Waals surface area contributed by atoms with Crippen molar-refractivity contribution in [3.05, 3.63) is 72.3 Å². The fraction of sp³-hybridized carbons (Fsp3) is 0.150. The van der Waals surface area contributed by atoms with Gasteiger partial charge in [-0.1, -0.05) is 36.4 Å². The number of anilines is 1. The van der Waals surface area contributed by atoms with E-state index in [1.807, 2.05) is 80.6 Å². The highest BCUT2D eigenvalue weighted by atomic mass is 16.5. The average Bonchev–Trinajstić information content (AvgIpc) is 2.55. The molecule has 1 amide bonds. The Kier molecular flexibility index (Phi) is 4.29. The van der Waals surface area contributed by atoms with Crippen LogP contribution >= 0.6 is 0 Å². The van der Waals surface area contributed by atoms with Crippen LogP contribution in [-0.4, -0.2) is 12.0 Å². The molecule has 0 fully saturated rings. The van der Waals surface area contributed by atoms with Crippen molar-refractivity contribution in [2.45, 2.75) is 20.0 Å². The topological polar surface area (TPSA) is 38.3 Å². The highest BCUT2D eigenvalue weighted by Crippen LogP contribution is 2.21. The normalized spacial score (nSPS) is 10.7. The van der Waals surface area contributed by atoms with Crippen molar-refractivity contribution in [1.82, 2.24) is 0 Å². The first-order valence-corrected chi connectivity index (χ1v) is 7.69. The van der Waals surface area contributed by atoms with Crippen LogP contribution in [0.3, 0.4) is 0 Å². The molecule has 0 aliphatic heterocycles. The van der Waals surface area contributed by atoms with E-state index in [0.717, 1.165) is 22.2 Å². The summed E-state index contributed by atoms with van der Waals surface area (Å²) in [6.07, 6.45) is 0.131. The molecule has 0 saturated heterocycles. The Morgan fingerprint density at radius 1 is 0.913 bits per heavy atom. The second kappa shape index (κ2) is 6.53. The van der Waals surface area contributed by atoms with E-state index in [0.29, 0.717) is 5.56 Å². The standard InChI is InChI=1S/C20H19NO2/c1-14(2)23-17-12-10-16(11-13-17)21-20(22)19-9-5-7-15-6-3-4-8-18(15)19/h3-14H,1-2H3,(H,21,22). The Bertz CT molecular complexity index is 817. The lowest BCUT2D eigenvalue weighted by atomic mass is 10.0. The van der Waals surface area contributed by atoms with Crippen LogP contribution in [0, 0.1) is 0 Å². The molecule has 0 aliphatic carbocycles. The lowest BCUT2D eigenvalue weighted by Gasteiger charge is -2.11. The first-order valence-electron chi connectivity index (χ1n) is 7.69. The second-order valence-electron chi connectivity index (χ2n) is 5.67. The minimum Gasteiger partial charge on any atom is -0.491 e. The maximum Gasteiger partial charge on any atom is 0.256 e. The number of rotatable bonds is 4. The van der Waals surface area contributed by atoms with Gasteiger partial charge in [-0.25, -0.2) is 0 Å². The molecule has 3 nitrogen and oxygen atoms in total. The van der Waals surface area contributed by atoms with Crippen LogP contribution < -0.4 is 10.1 Å². The van der Waals surface area contributed by atoms with Gasteiger partial charge in [0, 0.05) is 11.3 Å². The van der Waals surface area contributed by atoms with E-state index < -0.39 is 0 Å². The van der Waals surface area contributed by atoms with Gasteiger partial charge >= 0.3 is 0 Å². The van der Waals surface area contributed by atoms with Crippen LogP contribution in [0.1, 0.15) is 24.2 Å². The van der Waals surface area contributed by atoms with Gasteiger partial charge in [-0.3, -0.25) is 4.79 Å². The number of nitrogens with one attached hydrogen (secondary N) is 1. The van der Waals surface area contributed by atoms with Gasteiger partial charge in [-0.05, 0) is 55.0 Å². The van der Waals surface area contributed by atoms with E-state index in [1.165, 1.54) is 0 Å². The largest absolute Gasteiger partial charge is 0.491 e. The van der Waals surface area contributed by atoms with Crippen LogP contribution in [-0.2, 0) is 0 Å². The number of hydrogen-bond acceptors (Lipinski definition) is 2. The van der Waals surface area contributed by atoms with Crippen molar-refractivity contribution in [3.63, 3.8) is 0 Å². The number of carbonyl (C=O) groups excluding carboxylic acids is 1. The number of carbonyl (C=O) groups is 1. The van der Waals surface area contributed by atoms with Crippen molar-refractivity contribution in [1.29, 1.82) is 0 Å². The molecule has 3 rings (SSSR count). The zero-order valence-electron chi connectivity index (χ0n) is 13.2. The summed E-state index contributed by atoms with van der Waals surface area (Å²) in [5.74, 6) is 0.683. The number of hydrogen-bond donors (Lipinski definition) is 1. The van der Waals surface area contributed by atoms with Gasteiger partial charge in [-0.2, -0.15) is 0 Å². The Hall–Kier alpha value is -2.81. The molecule has 0 bridgehead atoms. The van der Waals surface area contributed by atoms with Gasteiger partial charge in [0.25, 0.3) is 5.91 Å². The lowest BCUT2D eigenvalue weighted by molar-refractivity contribution is 0.102. The zero-order valence-corrected chi connectivity index (χ0v) is 13.2. The third-order valence-electron chi connectivity index (χ3n) is 3.52. The van der Waals surface area contributed by atoms with E-state index in [4.69, 9.17) is 4.74 Å². The maximum absolute atomic E-state index is 12.5. The highest BCUT2D eigenvalue weighted by Gasteiger charge is 2.10. The molecular weight excluding hydrogens is 286 g/mol. The molecule has 0 saturated carbocycles. The molecule has 0 heterocycles. The molecule has 0 aliphatic rings. The van der Waals surface area contributed by atoms with Gasteiger partial charge in [0.2, 0.25) is 0 Å². The van der Waals surface area contributed by atoms with Gasteiger partial charge in [-0.15, -0.1) is 0 Å². The monoisotopic (exact) mass is 305 g/mol. The summed E-state index contributed by atoms with van der Waals surface area (Å²) in [6.45, 7) is 3.96. The van der Waals surface area contributed by atoms with Gasteiger partial charge in [0.1, 0.15) is 5.75 Å². The predicted octanol–water partition coefficient (Wildman–Crippen LogP) is 4.88. The van der Waals surface area contributed by atoms with Crippen LogP contribution in [0.15, 0.2) is 66.7 Å². The summed E-state index contributed by atoms with van der Waals surface area (Å²) in [6, 6.07) is 21.0. The summed E-state index contributed by atoms with van der Waals surface area (Å²) in [7, 11) is 0. The third-order valence-corrected chi connectivity index (χ3v) is 3.52. The van der Waals surface area contributed by atoms with Crippen LogP contribution in [0.25, 0.3) is 10.8 Å². The number of fused-ring (bicyclic) bond motifs is 1. The van der Waals surface area contributed by atoms with Crippen LogP contribution in [0.5, 0.6) is 5.75 Å². The predicted molar refractivity (Wildman–Crippen MR) is 94.1 cm³/mol. The molecule has 1 N–H and O–H groups in total. The number of benzene rings is 3. The third kappa shape index (κ3) is 3.51. The molecule has 0 atom stereocenters. The summed E-state index contributed by atoms with van der Waals surface area (Å²) in [4.78, 5) is 12.5. The second-order valence-corrected chi connectivity index (χ2v) is 5.67. The summed E-state index contributed by atoms with van der Waals surface area (Å²) >= 11 is 0. The molecule has 0 aromatic heterocycles.